The van der Waals surface area contributed by atoms with Gasteiger partial charge in [0.05, 0.1) is 35.0 Å². The van der Waals surface area contributed by atoms with Crippen LogP contribution in [0.25, 0.3) is 11.4 Å². The van der Waals surface area contributed by atoms with Crippen molar-refractivity contribution in [1.29, 1.82) is 0 Å². The van der Waals surface area contributed by atoms with Crippen LogP contribution in [0.3, 0.4) is 0 Å². The van der Waals surface area contributed by atoms with Gasteiger partial charge in [-0.15, -0.1) is 0 Å². The molecule has 6 aliphatic rings. The standard InChI is InChI=1S/C30H38N4O4S2/c1-27(2)19-11-13-29(27)17-39(35,36)33(23(29)15-19)25-9-5-7-21(31-25)22-8-6-10-26(32-22)34-24-16-20-12-14-30(24,28(20,3)4)18-40(34,37)38/h5-10,19-20,23-24H,11-18H2,1-4H3/t19-,20-,23-,24-,29-,30-/m1/s1. The maximum Gasteiger partial charge on any atom is 0.237 e. The van der Waals surface area contributed by atoms with Crippen LogP contribution < -0.4 is 8.61 Å². The van der Waals surface area contributed by atoms with Crippen molar-refractivity contribution in [2.75, 3.05) is 20.1 Å². The minimum absolute atomic E-state index is 0.0141. The van der Waals surface area contributed by atoms with Gasteiger partial charge in [0.15, 0.2) is 0 Å². The van der Waals surface area contributed by atoms with Crippen LogP contribution in [-0.4, -0.2) is 50.4 Å². The molecule has 2 aromatic heterocycles. The van der Waals surface area contributed by atoms with E-state index in [2.05, 4.69) is 27.7 Å². The Hall–Kier alpha value is -2.20. The lowest BCUT2D eigenvalue weighted by atomic mass is 9.69. The summed E-state index contributed by atoms with van der Waals surface area (Å²) in [6.07, 6.45) is 5.82. The molecule has 4 bridgehead atoms. The number of nitrogens with zero attached hydrogens (tertiary/aromatic N) is 4. The van der Waals surface area contributed by atoms with Gasteiger partial charge in [0.1, 0.15) is 11.6 Å². The molecule has 0 unspecified atom stereocenters. The highest BCUT2D eigenvalue weighted by atomic mass is 32.2. The third-order valence-corrected chi connectivity index (χ3v) is 16.8. The van der Waals surface area contributed by atoms with Crippen molar-refractivity contribution in [3.05, 3.63) is 36.4 Å². The fourth-order valence-corrected chi connectivity index (χ4v) is 15.7. The van der Waals surface area contributed by atoms with E-state index in [4.69, 9.17) is 9.97 Å². The van der Waals surface area contributed by atoms with E-state index in [0.717, 1.165) is 38.5 Å². The molecule has 0 amide bonds. The predicted octanol–water partition coefficient (Wildman–Crippen LogP) is 4.83. The van der Waals surface area contributed by atoms with Gasteiger partial charge in [-0.05, 0) is 85.5 Å². The van der Waals surface area contributed by atoms with Crippen LogP contribution in [0.2, 0.25) is 0 Å². The van der Waals surface area contributed by atoms with Crippen LogP contribution in [-0.2, 0) is 20.0 Å². The maximum absolute atomic E-state index is 13.6. The highest BCUT2D eigenvalue weighted by Crippen LogP contribution is 2.71. The molecular weight excluding hydrogens is 544 g/mol. The summed E-state index contributed by atoms with van der Waals surface area (Å²) in [6, 6.07) is 10.8. The summed E-state index contributed by atoms with van der Waals surface area (Å²) in [7, 11) is -7.03. The van der Waals surface area contributed by atoms with E-state index in [0.29, 0.717) is 34.9 Å². The first-order valence-corrected chi connectivity index (χ1v) is 17.9. The lowest BCUT2D eigenvalue weighted by Crippen LogP contribution is -2.42. The summed E-state index contributed by atoms with van der Waals surface area (Å²) in [5.74, 6) is 2.30. The lowest BCUT2D eigenvalue weighted by Gasteiger charge is -2.37. The molecule has 4 aliphatic carbocycles. The van der Waals surface area contributed by atoms with E-state index < -0.39 is 20.0 Å². The SMILES string of the molecule is CC1(C)[C@@H]2CC[C@]13CS(=O)(=O)N(c1cccc(-c4cccc(N5[C@@H]6C[C@H]7CC[C@]6(CS5(=O)=O)C7(C)C)n4)n1)[C@@H]3C2. The average molecular weight is 583 g/mol. The number of hydrogen-bond acceptors (Lipinski definition) is 6. The van der Waals surface area contributed by atoms with Crippen LogP contribution in [0.5, 0.6) is 0 Å². The molecule has 6 atom stereocenters. The van der Waals surface area contributed by atoms with Gasteiger partial charge in [0, 0.05) is 10.8 Å². The van der Waals surface area contributed by atoms with Crippen molar-refractivity contribution in [2.45, 2.75) is 78.3 Å². The largest absolute Gasteiger partial charge is 0.250 e. The fourth-order valence-electron chi connectivity index (χ4n) is 10.6. The quantitative estimate of drug-likeness (QED) is 0.514. The second-order valence-electron chi connectivity index (χ2n) is 14.6. The van der Waals surface area contributed by atoms with Gasteiger partial charge in [0.2, 0.25) is 20.0 Å². The number of pyridine rings is 2. The molecule has 2 spiro atoms. The van der Waals surface area contributed by atoms with Crippen molar-refractivity contribution in [3.8, 4) is 11.4 Å². The molecule has 2 saturated heterocycles. The number of sulfonamides is 2. The molecule has 8 rings (SSSR count). The highest BCUT2D eigenvalue weighted by Gasteiger charge is 2.73. The van der Waals surface area contributed by atoms with Crippen LogP contribution in [0.4, 0.5) is 11.6 Å². The monoisotopic (exact) mass is 582 g/mol. The van der Waals surface area contributed by atoms with Gasteiger partial charge in [-0.1, -0.05) is 39.8 Å². The van der Waals surface area contributed by atoms with Crippen LogP contribution in [0, 0.1) is 33.5 Å². The lowest BCUT2D eigenvalue weighted by molar-refractivity contribution is 0.151. The van der Waals surface area contributed by atoms with Crippen molar-refractivity contribution in [3.63, 3.8) is 0 Å². The first-order valence-electron chi connectivity index (χ1n) is 14.7. The minimum Gasteiger partial charge on any atom is -0.250 e. The van der Waals surface area contributed by atoms with Crippen LogP contribution in [0.1, 0.15) is 66.2 Å². The number of rotatable bonds is 3. The average Bonchev–Trinajstić information content (AvgIpc) is 3.58. The molecule has 0 radical (unpaired) electrons. The molecule has 2 aliphatic heterocycles. The van der Waals surface area contributed by atoms with E-state index in [-0.39, 0.29) is 45.2 Å². The zero-order valence-electron chi connectivity index (χ0n) is 23.7. The van der Waals surface area contributed by atoms with Crippen molar-refractivity contribution in [1.82, 2.24) is 9.97 Å². The molecule has 4 heterocycles. The first kappa shape index (κ1) is 25.5. The van der Waals surface area contributed by atoms with Gasteiger partial charge in [0.25, 0.3) is 0 Å². The zero-order chi connectivity index (χ0) is 28.1. The van der Waals surface area contributed by atoms with E-state index in [9.17, 15) is 16.8 Å². The minimum atomic E-state index is -3.51. The van der Waals surface area contributed by atoms with Gasteiger partial charge < -0.3 is 0 Å². The molecule has 0 N–H and O–H groups in total. The van der Waals surface area contributed by atoms with E-state index in [1.165, 1.54) is 0 Å². The molecule has 4 saturated carbocycles. The zero-order valence-corrected chi connectivity index (χ0v) is 25.3. The molecular formula is C30H38N4O4S2. The Balaban J connectivity index is 1.17. The van der Waals surface area contributed by atoms with E-state index in [1.54, 1.807) is 20.7 Å². The van der Waals surface area contributed by atoms with Crippen LogP contribution >= 0.6 is 0 Å². The molecule has 8 nitrogen and oxygen atoms in total. The third kappa shape index (κ3) is 2.83. The summed E-state index contributed by atoms with van der Waals surface area (Å²) >= 11 is 0. The Kier molecular flexibility index (Phi) is 4.72. The molecule has 2 aromatic rings. The van der Waals surface area contributed by atoms with Gasteiger partial charge in [-0.25, -0.2) is 35.4 Å². The van der Waals surface area contributed by atoms with Gasteiger partial charge in [-0.3, -0.25) is 0 Å². The van der Waals surface area contributed by atoms with Crippen molar-refractivity contribution < 1.29 is 16.8 Å². The summed E-state index contributed by atoms with van der Waals surface area (Å²) in [6.45, 7) is 8.99. The Labute approximate surface area is 237 Å². The highest BCUT2D eigenvalue weighted by molar-refractivity contribution is 7.93. The molecule has 40 heavy (non-hydrogen) atoms. The smallest absolute Gasteiger partial charge is 0.237 e. The van der Waals surface area contributed by atoms with E-state index >= 15 is 0 Å². The molecule has 10 heteroatoms. The van der Waals surface area contributed by atoms with Gasteiger partial charge in [-0.2, -0.15) is 0 Å². The molecule has 0 aromatic carbocycles. The fraction of sp³-hybridized carbons (Fsp3) is 0.667. The Morgan fingerprint density at radius 2 is 1.07 bits per heavy atom. The number of fused-ring (bicyclic) bond motifs is 2. The summed E-state index contributed by atoms with van der Waals surface area (Å²) < 4.78 is 57.7. The second-order valence-corrected chi connectivity index (χ2v) is 18.3. The number of anilines is 2. The van der Waals surface area contributed by atoms with E-state index in [1.807, 2.05) is 24.3 Å². The van der Waals surface area contributed by atoms with Crippen molar-refractivity contribution in [2.24, 2.45) is 33.5 Å². The number of hydrogen-bond donors (Lipinski definition) is 0. The summed E-state index contributed by atoms with van der Waals surface area (Å²) in [5, 5.41) is 0. The topological polar surface area (TPSA) is 101 Å². The van der Waals surface area contributed by atoms with Crippen molar-refractivity contribution >= 4 is 31.7 Å². The third-order valence-electron chi connectivity index (χ3n) is 13.0. The van der Waals surface area contributed by atoms with Gasteiger partial charge >= 0.3 is 0 Å². The maximum atomic E-state index is 13.6. The Morgan fingerprint density at radius 3 is 1.45 bits per heavy atom. The van der Waals surface area contributed by atoms with Crippen LogP contribution in [0.15, 0.2) is 36.4 Å². The Bertz CT molecular complexity index is 1550. The molecule has 214 valence electrons. The number of aromatic nitrogens is 2. The normalized spacial score (nSPS) is 40.5. The Morgan fingerprint density at radius 1 is 0.675 bits per heavy atom. The summed E-state index contributed by atoms with van der Waals surface area (Å²) in [5.41, 5.74) is 0.608. The predicted molar refractivity (Wildman–Crippen MR) is 155 cm³/mol. The first-order chi connectivity index (χ1) is 18.7. The molecule has 6 fully saturated rings. The second kappa shape index (κ2) is 7.41. The summed E-state index contributed by atoms with van der Waals surface area (Å²) in [4.78, 5) is 9.71.